The largest absolute Gasteiger partial charge is 0.309 e. The van der Waals surface area contributed by atoms with Gasteiger partial charge in [0, 0.05) is 16.5 Å². The van der Waals surface area contributed by atoms with E-state index in [0.29, 0.717) is 0 Å². The van der Waals surface area contributed by atoms with Crippen molar-refractivity contribution in [1.29, 1.82) is 0 Å². The van der Waals surface area contributed by atoms with Crippen molar-refractivity contribution in [1.82, 2.24) is 4.57 Å². The highest BCUT2D eigenvalue weighted by atomic mass is 15.0. The molecule has 0 spiro atoms. The van der Waals surface area contributed by atoms with Crippen LogP contribution >= 0.6 is 0 Å². The van der Waals surface area contributed by atoms with Crippen molar-refractivity contribution in [3.05, 3.63) is 115 Å². The van der Waals surface area contributed by atoms with Crippen molar-refractivity contribution in [2.45, 2.75) is 6.92 Å². The molecule has 6 rings (SSSR count). The first kappa shape index (κ1) is 17.1. The Kier molecular flexibility index (Phi) is 3.75. The summed E-state index contributed by atoms with van der Waals surface area (Å²) < 4.78 is 2.38. The standard InChI is InChI=1S/C29H21N/c1-20-17-21-9-5-6-12-24(21)27(18-20)22-15-16-26-25-13-7-8-14-28(25)30(29(26)19-22)23-10-3-2-4-11-23/h2-19H,1H3. The van der Waals surface area contributed by atoms with E-state index in [1.807, 2.05) is 0 Å². The maximum absolute atomic E-state index is 2.38. The summed E-state index contributed by atoms with van der Waals surface area (Å²) in [7, 11) is 0. The van der Waals surface area contributed by atoms with Crippen LogP contribution in [0.3, 0.4) is 0 Å². The Hall–Kier alpha value is -3.84. The molecule has 0 aliphatic carbocycles. The molecule has 5 aromatic carbocycles. The van der Waals surface area contributed by atoms with Gasteiger partial charge in [0.2, 0.25) is 0 Å². The number of aryl methyl sites for hydroxylation is 1. The van der Waals surface area contributed by atoms with E-state index >= 15 is 0 Å². The van der Waals surface area contributed by atoms with E-state index in [1.165, 1.54) is 55.0 Å². The number of benzene rings is 5. The maximum Gasteiger partial charge on any atom is 0.0547 e. The zero-order valence-corrected chi connectivity index (χ0v) is 16.8. The minimum atomic E-state index is 1.19. The van der Waals surface area contributed by atoms with Crippen LogP contribution in [0.5, 0.6) is 0 Å². The van der Waals surface area contributed by atoms with Crippen molar-refractivity contribution >= 4 is 32.6 Å². The Labute approximate surface area is 175 Å². The molecule has 30 heavy (non-hydrogen) atoms. The van der Waals surface area contributed by atoms with Gasteiger partial charge in [0.1, 0.15) is 0 Å². The highest BCUT2D eigenvalue weighted by Crippen LogP contribution is 2.36. The summed E-state index contributed by atoms with van der Waals surface area (Å²) in [4.78, 5) is 0. The topological polar surface area (TPSA) is 4.93 Å². The van der Waals surface area contributed by atoms with Crippen LogP contribution in [-0.2, 0) is 0 Å². The Morgan fingerprint density at radius 1 is 0.533 bits per heavy atom. The molecule has 142 valence electrons. The summed E-state index contributed by atoms with van der Waals surface area (Å²) in [5, 5.41) is 5.16. The number of nitrogens with zero attached hydrogens (tertiary/aromatic N) is 1. The second kappa shape index (κ2) is 6.60. The first-order valence-electron chi connectivity index (χ1n) is 10.4. The van der Waals surface area contributed by atoms with E-state index < -0.39 is 0 Å². The van der Waals surface area contributed by atoms with Crippen LogP contribution in [0.25, 0.3) is 49.4 Å². The molecule has 0 saturated heterocycles. The fourth-order valence-electron chi connectivity index (χ4n) is 4.69. The third kappa shape index (κ3) is 2.56. The molecule has 0 unspecified atom stereocenters. The molecule has 0 fully saturated rings. The molecule has 1 heteroatoms. The Balaban J connectivity index is 1.71. The Bertz CT molecular complexity index is 1540. The van der Waals surface area contributed by atoms with Crippen molar-refractivity contribution in [2.75, 3.05) is 0 Å². The summed E-state index contributed by atoms with van der Waals surface area (Å²) >= 11 is 0. The lowest BCUT2D eigenvalue weighted by atomic mass is 9.95. The number of aromatic nitrogens is 1. The summed E-state index contributed by atoms with van der Waals surface area (Å²) in [5.74, 6) is 0. The van der Waals surface area contributed by atoms with E-state index in [9.17, 15) is 0 Å². The van der Waals surface area contributed by atoms with E-state index in [4.69, 9.17) is 0 Å². The van der Waals surface area contributed by atoms with Crippen molar-refractivity contribution in [3.63, 3.8) is 0 Å². The molecule has 0 amide bonds. The molecule has 1 aromatic heterocycles. The summed E-state index contributed by atoms with van der Waals surface area (Å²) in [6, 6.07) is 39.5. The van der Waals surface area contributed by atoms with Gasteiger partial charge in [-0.3, -0.25) is 0 Å². The lowest BCUT2D eigenvalue weighted by molar-refractivity contribution is 1.18. The zero-order chi connectivity index (χ0) is 20.1. The Morgan fingerprint density at radius 2 is 1.23 bits per heavy atom. The van der Waals surface area contributed by atoms with Crippen LogP contribution in [0.2, 0.25) is 0 Å². The third-order valence-electron chi connectivity index (χ3n) is 6.01. The summed E-state index contributed by atoms with van der Waals surface area (Å²) in [6.45, 7) is 2.18. The third-order valence-corrected chi connectivity index (χ3v) is 6.01. The van der Waals surface area contributed by atoms with E-state index in [-0.39, 0.29) is 0 Å². The van der Waals surface area contributed by atoms with E-state index in [0.717, 1.165) is 0 Å². The molecular weight excluding hydrogens is 362 g/mol. The molecule has 0 N–H and O–H groups in total. The molecule has 0 aliphatic rings. The van der Waals surface area contributed by atoms with Gasteiger partial charge in [-0.1, -0.05) is 84.9 Å². The van der Waals surface area contributed by atoms with Gasteiger partial charge in [-0.05, 0) is 58.7 Å². The number of fused-ring (bicyclic) bond motifs is 4. The molecule has 0 atom stereocenters. The molecule has 1 heterocycles. The minimum Gasteiger partial charge on any atom is -0.309 e. The van der Waals surface area contributed by atoms with Crippen molar-refractivity contribution < 1.29 is 0 Å². The van der Waals surface area contributed by atoms with Gasteiger partial charge in [-0.15, -0.1) is 0 Å². The molecular formula is C29H21N. The first-order valence-corrected chi connectivity index (χ1v) is 10.4. The second-order valence-electron chi connectivity index (χ2n) is 7.95. The highest BCUT2D eigenvalue weighted by Gasteiger charge is 2.14. The monoisotopic (exact) mass is 383 g/mol. The number of para-hydroxylation sites is 2. The predicted octanol–water partition coefficient (Wildman–Crippen LogP) is 7.91. The van der Waals surface area contributed by atoms with E-state index in [1.54, 1.807) is 0 Å². The number of rotatable bonds is 2. The van der Waals surface area contributed by atoms with Crippen LogP contribution < -0.4 is 0 Å². The van der Waals surface area contributed by atoms with Crippen LogP contribution in [0.4, 0.5) is 0 Å². The van der Waals surface area contributed by atoms with Crippen LogP contribution in [0.15, 0.2) is 109 Å². The molecule has 0 radical (unpaired) electrons. The minimum absolute atomic E-state index is 1.19. The highest BCUT2D eigenvalue weighted by molar-refractivity contribution is 6.11. The van der Waals surface area contributed by atoms with Crippen LogP contribution in [0, 0.1) is 6.92 Å². The fourth-order valence-corrected chi connectivity index (χ4v) is 4.69. The van der Waals surface area contributed by atoms with Gasteiger partial charge in [-0.2, -0.15) is 0 Å². The molecule has 6 aromatic rings. The van der Waals surface area contributed by atoms with Crippen molar-refractivity contribution in [2.24, 2.45) is 0 Å². The maximum atomic E-state index is 2.38. The number of hydrogen-bond acceptors (Lipinski definition) is 0. The van der Waals surface area contributed by atoms with Gasteiger partial charge >= 0.3 is 0 Å². The SMILES string of the molecule is Cc1cc(-c2ccc3c4ccccc4n(-c4ccccc4)c3c2)c2ccccc2c1. The lowest BCUT2D eigenvalue weighted by Gasteiger charge is -2.11. The smallest absolute Gasteiger partial charge is 0.0547 e. The van der Waals surface area contributed by atoms with Gasteiger partial charge in [0.05, 0.1) is 11.0 Å². The number of hydrogen-bond donors (Lipinski definition) is 0. The van der Waals surface area contributed by atoms with Gasteiger partial charge in [0.15, 0.2) is 0 Å². The molecule has 0 bridgehead atoms. The molecule has 0 saturated carbocycles. The lowest BCUT2D eigenvalue weighted by Crippen LogP contribution is -1.93. The van der Waals surface area contributed by atoms with E-state index in [2.05, 4.69) is 121 Å². The normalized spacial score (nSPS) is 11.5. The van der Waals surface area contributed by atoms with Crippen LogP contribution in [0.1, 0.15) is 5.56 Å². The fraction of sp³-hybridized carbons (Fsp3) is 0.0345. The van der Waals surface area contributed by atoms with Gasteiger partial charge in [-0.25, -0.2) is 0 Å². The summed E-state index contributed by atoms with van der Waals surface area (Å²) in [6.07, 6.45) is 0. The first-order chi connectivity index (χ1) is 14.8. The second-order valence-corrected chi connectivity index (χ2v) is 7.95. The molecule has 0 aliphatic heterocycles. The quantitative estimate of drug-likeness (QED) is 0.286. The predicted molar refractivity (Wildman–Crippen MR) is 128 cm³/mol. The Morgan fingerprint density at radius 3 is 2.10 bits per heavy atom. The van der Waals surface area contributed by atoms with Crippen molar-refractivity contribution in [3.8, 4) is 16.8 Å². The van der Waals surface area contributed by atoms with Gasteiger partial charge in [0.25, 0.3) is 0 Å². The zero-order valence-electron chi connectivity index (χ0n) is 16.8. The van der Waals surface area contributed by atoms with Crippen LogP contribution in [-0.4, -0.2) is 4.57 Å². The molecule has 1 nitrogen and oxygen atoms in total. The average molecular weight is 383 g/mol. The average Bonchev–Trinajstić information content (AvgIpc) is 3.12. The van der Waals surface area contributed by atoms with Gasteiger partial charge < -0.3 is 4.57 Å². The summed E-state index contributed by atoms with van der Waals surface area (Å²) in [5.41, 5.74) is 7.50.